The molecule has 0 spiro atoms. The monoisotopic (exact) mass is 196 g/mol. The first-order valence-corrected chi connectivity index (χ1v) is 4.23. The lowest BCUT2D eigenvalue weighted by Crippen LogP contribution is -2.19. The number of aliphatic hydroxyl groups is 1. The van der Waals surface area contributed by atoms with Gasteiger partial charge in [0.15, 0.2) is 11.5 Å². The van der Waals surface area contributed by atoms with Crippen molar-refractivity contribution in [1.29, 1.82) is 0 Å². The van der Waals surface area contributed by atoms with Gasteiger partial charge in [0.25, 0.3) is 0 Å². The van der Waals surface area contributed by atoms with Crippen LogP contribution in [0.3, 0.4) is 0 Å². The molecule has 76 valence electrons. The zero-order valence-corrected chi connectivity index (χ0v) is 7.53. The molecule has 2 aromatic heterocycles. The van der Waals surface area contributed by atoms with E-state index in [2.05, 4.69) is 5.43 Å². The lowest BCUT2D eigenvalue weighted by molar-refractivity contribution is 0.307. The van der Waals surface area contributed by atoms with Crippen molar-refractivity contribution in [1.82, 2.24) is 4.68 Å². The molecule has 2 aromatic rings. The number of fused-ring (bicyclic) bond motifs is 1. The minimum atomic E-state index is 0.0342. The number of rotatable bonds is 3. The molecule has 0 amide bonds. The van der Waals surface area contributed by atoms with Crippen molar-refractivity contribution in [2.45, 2.75) is 0 Å². The van der Waals surface area contributed by atoms with Gasteiger partial charge in [-0.05, 0) is 0 Å². The summed E-state index contributed by atoms with van der Waals surface area (Å²) in [6, 6.07) is 3.35. The summed E-state index contributed by atoms with van der Waals surface area (Å²) in [7, 11) is 0. The highest BCUT2D eigenvalue weighted by molar-refractivity contribution is 5.82. The standard InChI is InChI=1S/C8H12N4O2/c9-7-4-6-5(3-8(10)14-6)12(7)11-1-2-13/h3-4,11,13H,1-2,9-10H2. The molecule has 0 aliphatic carbocycles. The lowest BCUT2D eigenvalue weighted by Gasteiger charge is -2.07. The van der Waals surface area contributed by atoms with E-state index in [-0.39, 0.29) is 6.61 Å². The molecule has 0 aromatic carbocycles. The van der Waals surface area contributed by atoms with Gasteiger partial charge in [-0.2, -0.15) is 0 Å². The van der Waals surface area contributed by atoms with Gasteiger partial charge in [0.2, 0.25) is 0 Å². The van der Waals surface area contributed by atoms with Gasteiger partial charge in [0.05, 0.1) is 13.2 Å². The quantitative estimate of drug-likeness (QED) is 0.550. The summed E-state index contributed by atoms with van der Waals surface area (Å²) in [5.41, 5.74) is 15.5. The molecule has 0 bridgehead atoms. The highest BCUT2D eigenvalue weighted by Gasteiger charge is 2.10. The molecule has 0 fully saturated rings. The molecule has 0 saturated heterocycles. The van der Waals surface area contributed by atoms with Crippen molar-refractivity contribution in [3.8, 4) is 0 Å². The number of anilines is 2. The van der Waals surface area contributed by atoms with Gasteiger partial charge < -0.3 is 26.4 Å². The summed E-state index contributed by atoms with van der Waals surface area (Å²) in [4.78, 5) is 0. The van der Waals surface area contributed by atoms with Crippen LogP contribution in [-0.4, -0.2) is 22.9 Å². The van der Waals surface area contributed by atoms with Gasteiger partial charge >= 0.3 is 0 Å². The van der Waals surface area contributed by atoms with Crippen molar-refractivity contribution in [3.05, 3.63) is 12.1 Å². The van der Waals surface area contributed by atoms with E-state index in [9.17, 15) is 0 Å². The third-order valence-corrected chi connectivity index (χ3v) is 1.92. The van der Waals surface area contributed by atoms with Gasteiger partial charge in [-0.15, -0.1) is 0 Å². The molecule has 6 N–H and O–H groups in total. The highest BCUT2D eigenvalue weighted by Crippen LogP contribution is 2.25. The maximum atomic E-state index is 8.67. The summed E-state index contributed by atoms with van der Waals surface area (Å²) in [6.45, 7) is 0.450. The van der Waals surface area contributed by atoms with E-state index < -0.39 is 0 Å². The zero-order valence-electron chi connectivity index (χ0n) is 7.53. The fraction of sp³-hybridized carbons (Fsp3) is 0.250. The normalized spacial score (nSPS) is 10.9. The third kappa shape index (κ3) is 1.25. The fourth-order valence-corrected chi connectivity index (χ4v) is 1.37. The van der Waals surface area contributed by atoms with Crippen LogP contribution in [0.2, 0.25) is 0 Å². The van der Waals surface area contributed by atoms with Crippen molar-refractivity contribution in [2.24, 2.45) is 0 Å². The molecule has 2 rings (SSSR count). The van der Waals surface area contributed by atoms with Gasteiger partial charge in [0, 0.05) is 12.1 Å². The van der Waals surface area contributed by atoms with Crippen molar-refractivity contribution >= 4 is 22.8 Å². The Morgan fingerprint density at radius 1 is 1.43 bits per heavy atom. The summed E-state index contributed by atoms with van der Waals surface area (Å²) in [5.74, 6) is 0.863. The predicted octanol–water partition coefficient (Wildman–Crippen LogP) is -0.0655. The topological polar surface area (TPSA) is 102 Å². The summed E-state index contributed by atoms with van der Waals surface area (Å²) in [6.07, 6.45) is 0. The summed E-state index contributed by atoms with van der Waals surface area (Å²) in [5, 5.41) is 8.67. The number of nitrogens with one attached hydrogen (secondary N) is 1. The summed E-state index contributed by atoms with van der Waals surface area (Å²) < 4.78 is 6.81. The van der Waals surface area contributed by atoms with E-state index in [0.717, 1.165) is 5.52 Å². The van der Waals surface area contributed by atoms with E-state index in [0.29, 0.717) is 23.8 Å². The first-order chi connectivity index (χ1) is 6.72. The number of hydrogen-bond acceptors (Lipinski definition) is 5. The molecule has 0 atom stereocenters. The summed E-state index contributed by atoms with van der Waals surface area (Å²) >= 11 is 0. The SMILES string of the molecule is Nc1cc2c(cc(N)n2NCCO)o1. The first kappa shape index (κ1) is 8.76. The first-order valence-electron chi connectivity index (χ1n) is 4.23. The molecule has 0 unspecified atom stereocenters. The molecule has 14 heavy (non-hydrogen) atoms. The Kier molecular flexibility index (Phi) is 1.97. The number of nitrogens with zero attached hydrogens (tertiary/aromatic N) is 1. The van der Waals surface area contributed by atoms with E-state index in [1.807, 2.05) is 0 Å². The Balaban J connectivity index is 2.43. The van der Waals surface area contributed by atoms with Gasteiger partial charge in [0.1, 0.15) is 11.3 Å². The zero-order chi connectivity index (χ0) is 10.1. The Hall–Kier alpha value is -1.82. The molecule has 0 aliphatic rings. The molecule has 2 heterocycles. The molecular formula is C8H12N4O2. The molecule has 6 nitrogen and oxygen atoms in total. The number of furan rings is 1. The smallest absolute Gasteiger partial charge is 0.193 e. The van der Waals surface area contributed by atoms with E-state index in [4.69, 9.17) is 21.0 Å². The highest BCUT2D eigenvalue weighted by atomic mass is 16.3. The minimum Gasteiger partial charge on any atom is -0.439 e. The minimum absolute atomic E-state index is 0.0342. The van der Waals surface area contributed by atoms with Crippen LogP contribution in [-0.2, 0) is 0 Å². The molecular weight excluding hydrogens is 184 g/mol. The third-order valence-electron chi connectivity index (χ3n) is 1.92. The number of aliphatic hydroxyl groups excluding tert-OH is 1. The maximum Gasteiger partial charge on any atom is 0.193 e. The average molecular weight is 196 g/mol. The second kappa shape index (κ2) is 3.15. The van der Waals surface area contributed by atoms with Crippen molar-refractivity contribution in [3.63, 3.8) is 0 Å². The Bertz CT molecular complexity index is 445. The van der Waals surface area contributed by atoms with Gasteiger partial charge in [-0.25, -0.2) is 4.68 Å². The molecule has 0 radical (unpaired) electrons. The average Bonchev–Trinajstić information content (AvgIpc) is 2.58. The van der Waals surface area contributed by atoms with Crippen LogP contribution < -0.4 is 16.9 Å². The molecule has 0 saturated carbocycles. The van der Waals surface area contributed by atoms with E-state index in [1.165, 1.54) is 0 Å². The second-order valence-electron chi connectivity index (χ2n) is 2.93. The van der Waals surface area contributed by atoms with Crippen LogP contribution >= 0.6 is 0 Å². The molecule has 0 aliphatic heterocycles. The molecule has 6 heteroatoms. The number of aromatic nitrogens is 1. The fourth-order valence-electron chi connectivity index (χ4n) is 1.37. The van der Waals surface area contributed by atoms with Crippen LogP contribution in [0.5, 0.6) is 0 Å². The van der Waals surface area contributed by atoms with Crippen molar-refractivity contribution in [2.75, 3.05) is 30.0 Å². The number of hydrogen-bond donors (Lipinski definition) is 4. The van der Waals surface area contributed by atoms with E-state index >= 15 is 0 Å². The largest absolute Gasteiger partial charge is 0.439 e. The second-order valence-corrected chi connectivity index (χ2v) is 2.93. The number of nitrogen functional groups attached to an aromatic ring is 2. The number of nitrogens with two attached hydrogens (primary N) is 2. The van der Waals surface area contributed by atoms with Crippen molar-refractivity contribution < 1.29 is 9.52 Å². The van der Waals surface area contributed by atoms with Gasteiger partial charge in [-0.3, -0.25) is 0 Å². The van der Waals surface area contributed by atoms with Gasteiger partial charge in [-0.1, -0.05) is 0 Å². The Morgan fingerprint density at radius 2 is 2.21 bits per heavy atom. The predicted molar refractivity (Wildman–Crippen MR) is 54.3 cm³/mol. The van der Waals surface area contributed by atoms with Crippen LogP contribution in [0.4, 0.5) is 11.7 Å². The Labute approximate surface area is 80.1 Å². The Morgan fingerprint density at radius 3 is 2.93 bits per heavy atom. The maximum absolute atomic E-state index is 8.67. The van der Waals surface area contributed by atoms with Crippen LogP contribution in [0, 0.1) is 0 Å². The van der Waals surface area contributed by atoms with E-state index in [1.54, 1.807) is 16.8 Å². The van der Waals surface area contributed by atoms with Crippen LogP contribution in [0.25, 0.3) is 11.1 Å². The van der Waals surface area contributed by atoms with Crippen LogP contribution in [0.1, 0.15) is 0 Å². The lowest BCUT2D eigenvalue weighted by atomic mass is 10.5. The van der Waals surface area contributed by atoms with Crippen LogP contribution in [0.15, 0.2) is 16.5 Å².